The van der Waals surface area contributed by atoms with Gasteiger partial charge in [0.25, 0.3) is 0 Å². The number of nitrogens with one attached hydrogen (secondary N) is 1. The molecule has 0 saturated carbocycles. The quantitative estimate of drug-likeness (QED) is 0.797. The van der Waals surface area contributed by atoms with Gasteiger partial charge in [0, 0.05) is 18.2 Å². The maximum Gasteiger partial charge on any atom is 0.123 e. The summed E-state index contributed by atoms with van der Waals surface area (Å²) < 4.78 is 10.6. The SMILES string of the molecule is CCC(C)(O)CNC(C)c1cc(OC)ccc1OC. The number of hydrogen-bond acceptors (Lipinski definition) is 4. The molecule has 0 amide bonds. The molecule has 2 N–H and O–H groups in total. The normalized spacial score (nSPS) is 15.7. The van der Waals surface area contributed by atoms with Crippen LogP contribution in [0.15, 0.2) is 18.2 Å². The number of benzene rings is 1. The van der Waals surface area contributed by atoms with Crippen LogP contribution < -0.4 is 14.8 Å². The Kier molecular flexibility index (Phi) is 5.63. The predicted octanol–water partition coefficient (Wildman–Crippen LogP) is 2.52. The fraction of sp³-hybridized carbons (Fsp3) is 0.600. The molecule has 4 nitrogen and oxygen atoms in total. The summed E-state index contributed by atoms with van der Waals surface area (Å²) in [5, 5.41) is 13.4. The Morgan fingerprint density at radius 1 is 1.32 bits per heavy atom. The van der Waals surface area contributed by atoms with E-state index in [0.29, 0.717) is 13.0 Å². The molecule has 0 aliphatic carbocycles. The van der Waals surface area contributed by atoms with Gasteiger partial charge in [-0.2, -0.15) is 0 Å². The van der Waals surface area contributed by atoms with Crippen molar-refractivity contribution in [1.29, 1.82) is 0 Å². The van der Waals surface area contributed by atoms with Gasteiger partial charge in [-0.1, -0.05) is 6.92 Å². The lowest BCUT2D eigenvalue weighted by molar-refractivity contribution is 0.0533. The first-order valence-electron chi connectivity index (χ1n) is 6.61. The highest BCUT2D eigenvalue weighted by Crippen LogP contribution is 2.29. The number of hydrogen-bond donors (Lipinski definition) is 2. The van der Waals surface area contributed by atoms with E-state index >= 15 is 0 Å². The molecule has 4 heteroatoms. The van der Waals surface area contributed by atoms with Gasteiger partial charge in [0.15, 0.2) is 0 Å². The highest BCUT2D eigenvalue weighted by molar-refractivity contribution is 5.42. The van der Waals surface area contributed by atoms with Crippen LogP contribution in [0, 0.1) is 0 Å². The summed E-state index contributed by atoms with van der Waals surface area (Å²) in [4.78, 5) is 0. The predicted molar refractivity (Wildman–Crippen MR) is 76.9 cm³/mol. The molecular formula is C15H25NO3. The van der Waals surface area contributed by atoms with Gasteiger partial charge in [0.05, 0.1) is 19.8 Å². The van der Waals surface area contributed by atoms with Gasteiger partial charge in [-0.25, -0.2) is 0 Å². The largest absolute Gasteiger partial charge is 0.497 e. The molecule has 19 heavy (non-hydrogen) atoms. The summed E-state index contributed by atoms with van der Waals surface area (Å²) in [6.07, 6.45) is 0.710. The van der Waals surface area contributed by atoms with Crippen molar-refractivity contribution in [2.24, 2.45) is 0 Å². The molecule has 2 unspecified atom stereocenters. The van der Waals surface area contributed by atoms with Crippen molar-refractivity contribution < 1.29 is 14.6 Å². The number of rotatable bonds is 7. The summed E-state index contributed by atoms with van der Waals surface area (Å²) in [5.41, 5.74) is 0.328. The minimum atomic E-state index is -0.694. The molecule has 0 aliphatic heterocycles. The molecule has 0 aliphatic rings. The van der Waals surface area contributed by atoms with E-state index in [0.717, 1.165) is 17.1 Å². The van der Waals surface area contributed by atoms with Crippen molar-refractivity contribution >= 4 is 0 Å². The lowest BCUT2D eigenvalue weighted by atomic mass is 10.0. The molecule has 0 heterocycles. The van der Waals surface area contributed by atoms with Crippen molar-refractivity contribution in [3.8, 4) is 11.5 Å². The molecule has 0 fully saturated rings. The van der Waals surface area contributed by atoms with E-state index in [-0.39, 0.29) is 6.04 Å². The van der Waals surface area contributed by atoms with E-state index in [1.165, 1.54) is 0 Å². The Morgan fingerprint density at radius 2 is 2.00 bits per heavy atom. The monoisotopic (exact) mass is 267 g/mol. The van der Waals surface area contributed by atoms with Crippen molar-refractivity contribution in [2.75, 3.05) is 20.8 Å². The Hall–Kier alpha value is -1.26. The van der Waals surface area contributed by atoms with Gasteiger partial charge < -0.3 is 19.9 Å². The summed E-state index contributed by atoms with van der Waals surface area (Å²) in [5.74, 6) is 1.61. The average molecular weight is 267 g/mol. The Balaban J connectivity index is 2.82. The van der Waals surface area contributed by atoms with Gasteiger partial charge in [0.2, 0.25) is 0 Å². The van der Waals surface area contributed by atoms with Crippen molar-refractivity contribution in [3.05, 3.63) is 23.8 Å². The molecule has 0 aromatic heterocycles. The van der Waals surface area contributed by atoms with Crippen LogP contribution in [0.25, 0.3) is 0 Å². The summed E-state index contributed by atoms with van der Waals surface area (Å²) >= 11 is 0. The minimum absolute atomic E-state index is 0.0723. The zero-order valence-corrected chi connectivity index (χ0v) is 12.5. The first-order chi connectivity index (χ1) is 8.93. The minimum Gasteiger partial charge on any atom is -0.497 e. The number of methoxy groups -OCH3 is 2. The topological polar surface area (TPSA) is 50.7 Å². The third-order valence-corrected chi connectivity index (χ3v) is 3.45. The van der Waals surface area contributed by atoms with Crippen molar-refractivity contribution in [3.63, 3.8) is 0 Å². The lowest BCUT2D eigenvalue weighted by Gasteiger charge is -2.25. The van der Waals surface area contributed by atoms with Crippen molar-refractivity contribution in [2.45, 2.75) is 38.8 Å². The van der Waals surface area contributed by atoms with Crippen LogP contribution in [0.5, 0.6) is 11.5 Å². The lowest BCUT2D eigenvalue weighted by Crippen LogP contribution is -2.38. The maximum absolute atomic E-state index is 10.0. The molecule has 0 saturated heterocycles. The van der Waals surface area contributed by atoms with Crippen LogP contribution in [0.3, 0.4) is 0 Å². The zero-order chi connectivity index (χ0) is 14.5. The van der Waals surface area contributed by atoms with Crippen LogP contribution in [0.2, 0.25) is 0 Å². The third kappa shape index (κ3) is 4.40. The molecular weight excluding hydrogens is 242 g/mol. The second-order valence-electron chi connectivity index (χ2n) is 5.06. The molecule has 2 atom stereocenters. The standard InChI is InChI=1S/C15H25NO3/c1-6-15(3,17)10-16-11(2)13-9-12(18-4)7-8-14(13)19-5/h7-9,11,16-17H,6,10H2,1-5H3. The Labute approximate surface area is 115 Å². The van der Waals surface area contributed by atoms with E-state index in [4.69, 9.17) is 9.47 Å². The Morgan fingerprint density at radius 3 is 2.53 bits per heavy atom. The van der Waals surface area contributed by atoms with Crippen LogP contribution in [0.1, 0.15) is 38.8 Å². The summed E-state index contributed by atoms with van der Waals surface area (Å²) in [6.45, 7) is 6.38. The molecule has 0 spiro atoms. The van der Waals surface area contributed by atoms with Gasteiger partial charge >= 0.3 is 0 Å². The number of aliphatic hydroxyl groups is 1. The zero-order valence-electron chi connectivity index (χ0n) is 12.5. The molecule has 1 aromatic carbocycles. The molecule has 0 bridgehead atoms. The molecule has 1 aromatic rings. The van der Waals surface area contributed by atoms with E-state index in [2.05, 4.69) is 5.32 Å². The Bertz CT molecular complexity index is 404. The first kappa shape index (κ1) is 15.8. The van der Waals surface area contributed by atoms with Crippen LogP contribution in [-0.2, 0) is 0 Å². The third-order valence-electron chi connectivity index (χ3n) is 3.45. The highest BCUT2D eigenvalue weighted by atomic mass is 16.5. The highest BCUT2D eigenvalue weighted by Gasteiger charge is 2.20. The van der Waals surface area contributed by atoms with Gasteiger partial charge in [-0.15, -0.1) is 0 Å². The second-order valence-corrected chi connectivity index (χ2v) is 5.06. The molecule has 108 valence electrons. The fourth-order valence-corrected chi connectivity index (χ4v) is 1.79. The summed E-state index contributed by atoms with van der Waals surface area (Å²) in [7, 11) is 3.30. The van der Waals surface area contributed by atoms with Crippen LogP contribution in [0.4, 0.5) is 0 Å². The van der Waals surface area contributed by atoms with Crippen molar-refractivity contribution in [1.82, 2.24) is 5.32 Å². The van der Waals surface area contributed by atoms with Crippen LogP contribution in [-0.4, -0.2) is 31.5 Å². The first-order valence-corrected chi connectivity index (χ1v) is 6.61. The second kappa shape index (κ2) is 6.78. The molecule has 0 radical (unpaired) electrons. The van der Waals surface area contributed by atoms with E-state index < -0.39 is 5.60 Å². The van der Waals surface area contributed by atoms with Gasteiger partial charge in [0.1, 0.15) is 11.5 Å². The van der Waals surface area contributed by atoms with Crippen LogP contribution >= 0.6 is 0 Å². The smallest absolute Gasteiger partial charge is 0.123 e. The fourth-order valence-electron chi connectivity index (χ4n) is 1.79. The number of ether oxygens (including phenoxy) is 2. The van der Waals surface area contributed by atoms with E-state index in [9.17, 15) is 5.11 Å². The van der Waals surface area contributed by atoms with Gasteiger partial charge in [-0.3, -0.25) is 0 Å². The average Bonchev–Trinajstić information content (AvgIpc) is 2.44. The van der Waals surface area contributed by atoms with Gasteiger partial charge in [-0.05, 0) is 38.5 Å². The maximum atomic E-state index is 10.0. The van der Waals surface area contributed by atoms with E-state index in [1.54, 1.807) is 14.2 Å². The van der Waals surface area contributed by atoms with E-state index in [1.807, 2.05) is 39.0 Å². The molecule has 1 rings (SSSR count). The summed E-state index contributed by atoms with van der Waals surface area (Å²) in [6, 6.07) is 5.79.